The van der Waals surface area contributed by atoms with Gasteiger partial charge in [0.2, 0.25) is 0 Å². The minimum atomic E-state index is 0.340. The van der Waals surface area contributed by atoms with Crippen LogP contribution in [0.1, 0.15) is 24.4 Å². The molecule has 0 bridgehead atoms. The summed E-state index contributed by atoms with van der Waals surface area (Å²) in [5, 5.41) is 12.7. The molecule has 0 saturated carbocycles. The number of aromatic hydroxyl groups is 1. The first kappa shape index (κ1) is 9.03. The van der Waals surface area contributed by atoms with Gasteiger partial charge in [0.05, 0.1) is 0 Å². The summed E-state index contributed by atoms with van der Waals surface area (Å²) in [5.41, 5.74) is 1.16. The van der Waals surface area contributed by atoms with Crippen molar-refractivity contribution in [1.82, 2.24) is 5.32 Å². The van der Waals surface area contributed by atoms with Crippen LogP contribution in [-0.4, -0.2) is 11.7 Å². The van der Waals surface area contributed by atoms with Gasteiger partial charge >= 0.3 is 0 Å². The third kappa shape index (κ3) is 1.86. The molecule has 1 aromatic carbocycles. The van der Waals surface area contributed by atoms with Crippen LogP contribution in [0.25, 0.3) is 0 Å². The van der Waals surface area contributed by atoms with Crippen LogP contribution in [-0.2, 0) is 0 Å². The van der Waals surface area contributed by atoms with Crippen LogP contribution in [0.4, 0.5) is 0 Å². The summed E-state index contributed by atoms with van der Waals surface area (Å²) in [5.74, 6) is 0.340. The predicted molar refractivity (Wildman–Crippen MR) is 55.8 cm³/mol. The Morgan fingerprint density at radius 2 is 2.31 bits per heavy atom. The van der Waals surface area contributed by atoms with Crippen molar-refractivity contribution in [1.29, 1.82) is 0 Å². The number of halogens is 1. The molecule has 0 spiro atoms. The Hall–Kier alpha value is -0.540. The Morgan fingerprint density at radius 1 is 1.46 bits per heavy atom. The van der Waals surface area contributed by atoms with Crippen LogP contribution in [0, 0.1) is 0 Å². The van der Waals surface area contributed by atoms with Gasteiger partial charge in [0.1, 0.15) is 5.75 Å². The summed E-state index contributed by atoms with van der Waals surface area (Å²) >= 11 is 3.49. The number of phenols is 1. The molecule has 2 nitrogen and oxygen atoms in total. The Labute approximate surface area is 86.1 Å². The molecule has 3 heteroatoms. The SMILES string of the molecule is Oc1ccc(Br)c([C@H]2CCCN2)c1. The Bertz CT molecular complexity index is 308. The van der Waals surface area contributed by atoms with E-state index in [-0.39, 0.29) is 0 Å². The highest BCUT2D eigenvalue weighted by Gasteiger charge is 2.18. The number of hydrogen-bond donors (Lipinski definition) is 2. The molecule has 2 N–H and O–H groups in total. The highest BCUT2D eigenvalue weighted by Crippen LogP contribution is 2.31. The quantitative estimate of drug-likeness (QED) is 0.793. The maximum Gasteiger partial charge on any atom is 0.115 e. The molecule has 0 amide bonds. The fraction of sp³-hybridized carbons (Fsp3) is 0.400. The minimum absolute atomic E-state index is 0.340. The summed E-state index contributed by atoms with van der Waals surface area (Å²) in [6.45, 7) is 1.08. The van der Waals surface area contributed by atoms with Crippen LogP contribution >= 0.6 is 15.9 Å². The molecule has 70 valence electrons. The zero-order valence-electron chi connectivity index (χ0n) is 7.26. The third-order valence-corrected chi connectivity index (χ3v) is 3.14. The fourth-order valence-electron chi connectivity index (χ4n) is 1.75. The molecule has 1 aromatic rings. The first-order valence-corrected chi connectivity index (χ1v) is 5.28. The summed E-state index contributed by atoms with van der Waals surface area (Å²) in [6, 6.07) is 5.82. The second kappa shape index (κ2) is 3.68. The molecule has 1 heterocycles. The van der Waals surface area contributed by atoms with E-state index in [1.54, 1.807) is 6.07 Å². The lowest BCUT2D eigenvalue weighted by Crippen LogP contribution is -2.13. The molecule has 13 heavy (non-hydrogen) atoms. The standard InChI is InChI=1S/C10H12BrNO/c11-9-4-3-7(13)6-8(9)10-2-1-5-12-10/h3-4,6,10,12-13H,1-2,5H2/t10-/m1/s1. The van der Waals surface area contributed by atoms with E-state index in [1.165, 1.54) is 6.42 Å². The van der Waals surface area contributed by atoms with Crippen LogP contribution < -0.4 is 5.32 Å². The van der Waals surface area contributed by atoms with Crippen molar-refractivity contribution in [2.75, 3.05) is 6.54 Å². The maximum atomic E-state index is 9.35. The topological polar surface area (TPSA) is 32.3 Å². The fourth-order valence-corrected chi connectivity index (χ4v) is 2.27. The molecular weight excluding hydrogens is 230 g/mol. The Balaban J connectivity index is 2.32. The molecule has 1 aliphatic heterocycles. The Morgan fingerprint density at radius 3 is 3.00 bits per heavy atom. The van der Waals surface area contributed by atoms with E-state index in [0.717, 1.165) is 23.0 Å². The van der Waals surface area contributed by atoms with Gasteiger partial charge < -0.3 is 10.4 Å². The van der Waals surface area contributed by atoms with Gasteiger partial charge in [-0.25, -0.2) is 0 Å². The molecule has 2 rings (SSSR count). The lowest BCUT2D eigenvalue weighted by molar-refractivity contribution is 0.472. The van der Waals surface area contributed by atoms with Crippen molar-refractivity contribution in [3.8, 4) is 5.75 Å². The van der Waals surface area contributed by atoms with E-state index in [1.807, 2.05) is 12.1 Å². The first-order chi connectivity index (χ1) is 6.27. The second-order valence-electron chi connectivity index (χ2n) is 3.35. The van der Waals surface area contributed by atoms with E-state index in [9.17, 15) is 5.11 Å². The molecule has 1 fully saturated rings. The van der Waals surface area contributed by atoms with Crippen molar-refractivity contribution in [3.05, 3.63) is 28.2 Å². The van der Waals surface area contributed by atoms with Crippen molar-refractivity contribution in [3.63, 3.8) is 0 Å². The zero-order valence-corrected chi connectivity index (χ0v) is 8.84. The van der Waals surface area contributed by atoms with Gasteiger partial charge in [-0.05, 0) is 43.1 Å². The molecular formula is C10H12BrNO. The summed E-state index contributed by atoms with van der Waals surface area (Å²) < 4.78 is 1.07. The number of phenolic OH excluding ortho intramolecular Hbond substituents is 1. The van der Waals surface area contributed by atoms with Crippen LogP contribution in [0.15, 0.2) is 22.7 Å². The summed E-state index contributed by atoms with van der Waals surface area (Å²) in [7, 11) is 0. The lowest BCUT2D eigenvalue weighted by atomic mass is 10.1. The van der Waals surface area contributed by atoms with Crippen molar-refractivity contribution in [2.45, 2.75) is 18.9 Å². The van der Waals surface area contributed by atoms with Gasteiger partial charge in [-0.2, -0.15) is 0 Å². The van der Waals surface area contributed by atoms with Crippen molar-refractivity contribution < 1.29 is 5.11 Å². The van der Waals surface area contributed by atoms with E-state index >= 15 is 0 Å². The third-order valence-electron chi connectivity index (χ3n) is 2.42. The van der Waals surface area contributed by atoms with E-state index in [2.05, 4.69) is 21.2 Å². The predicted octanol–water partition coefficient (Wildman–Crippen LogP) is 2.58. The lowest BCUT2D eigenvalue weighted by Gasteiger charge is -2.12. The molecule has 1 saturated heterocycles. The van der Waals surface area contributed by atoms with E-state index < -0.39 is 0 Å². The number of hydrogen-bond acceptors (Lipinski definition) is 2. The molecule has 1 atom stereocenters. The van der Waals surface area contributed by atoms with E-state index in [0.29, 0.717) is 11.8 Å². The van der Waals surface area contributed by atoms with Gasteiger partial charge in [-0.3, -0.25) is 0 Å². The van der Waals surface area contributed by atoms with Gasteiger partial charge in [-0.1, -0.05) is 15.9 Å². The Kier molecular flexibility index (Phi) is 2.56. The van der Waals surface area contributed by atoms with Crippen LogP contribution in [0.2, 0.25) is 0 Å². The smallest absolute Gasteiger partial charge is 0.115 e. The average molecular weight is 242 g/mol. The molecule has 0 aliphatic carbocycles. The molecule has 1 aliphatic rings. The van der Waals surface area contributed by atoms with Crippen LogP contribution in [0.3, 0.4) is 0 Å². The monoisotopic (exact) mass is 241 g/mol. The number of benzene rings is 1. The highest BCUT2D eigenvalue weighted by molar-refractivity contribution is 9.10. The minimum Gasteiger partial charge on any atom is -0.508 e. The van der Waals surface area contributed by atoms with Gasteiger partial charge in [0.25, 0.3) is 0 Å². The summed E-state index contributed by atoms with van der Waals surface area (Å²) in [6.07, 6.45) is 2.37. The molecule has 0 unspecified atom stereocenters. The van der Waals surface area contributed by atoms with Gasteiger partial charge in [0.15, 0.2) is 0 Å². The second-order valence-corrected chi connectivity index (χ2v) is 4.21. The highest BCUT2D eigenvalue weighted by atomic mass is 79.9. The van der Waals surface area contributed by atoms with Gasteiger partial charge in [-0.15, -0.1) is 0 Å². The van der Waals surface area contributed by atoms with Gasteiger partial charge in [0, 0.05) is 10.5 Å². The summed E-state index contributed by atoms with van der Waals surface area (Å²) in [4.78, 5) is 0. The van der Waals surface area contributed by atoms with Crippen molar-refractivity contribution in [2.24, 2.45) is 0 Å². The van der Waals surface area contributed by atoms with Crippen molar-refractivity contribution >= 4 is 15.9 Å². The first-order valence-electron chi connectivity index (χ1n) is 4.49. The van der Waals surface area contributed by atoms with Crippen LogP contribution in [0.5, 0.6) is 5.75 Å². The van der Waals surface area contributed by atoms with E-state index in [4.69, 9.17) is 0 Å². The number of nitrogens with one attached hydrogen (secondary N) is 1. The largest absolute Gasteiger partial charge is 0.508 e. The average Bonchev–Trinajstić information content (AvgIpc) is 2.61. The molecule has 0 radical (unpaired) electrons. The maximum absolute atomic E-state index is 9.35. The zero-order chi connectivity index (χ0) is 9.26. The molecule has 0 aromatic heterocycles. The normalized spacial score (nSPS) is 22.1. The number of rotatable bonds is 1.